The van der Waals surface area contributed by atoms with Crippen LogP contribution in [0.1, 0.15) is 22.8 Å². The molecule has 144 valence electrons. The number of hydrogen-bond acceptors (Lipinski definition) is 6. The molecule has 0 fully saturated rings. The van der Waals surface area contributed by atoms with Gasteiger partial charge in [-0.25, -0.2) is 18.4 Å². The zero-order chi connectivity index (χ0) is 20.2. The number of nitrogens with two attached hydrogens (primary N) is 1. The number of anilines is 1. The van der Waals surface area contributed by atoms with Crippen LogP contribution in [0.15, 0.2) is 47.4 Å². The van der Waals surface area contributed by atoms with Crippen LogP contribution in [-0.4, -0.2) is 33.5 Å². The van der Waals surface area contributed by atoms with Gasteiger partial charge in [0.15, 0.2) is 6.10 Å². The molecule has 0 heterocycles. The van der Waals surface area contributed by atoms with Crippen LogP contribution in [0.4, 0.5) is 5.69 Å². The lowest BCUT2D eigenvalue weighted by Gasteiger charge is -2.15. The Morgan fingerprint density at radius 3 is 2.30 bits per heavy atom. The van der Waals surface area contributed by atoms with E-state index < -0.39 is 28.0 Å². The molecule has 0 aliphatic heterocycles. The minimum atomic E-state index is -4.02. The van der Waals surface area contributed by atoms with Crippen LogP contribution in [0.5, 0.6) is 5.75 Å². The second-order valence-corrected chi connectivity index (χ2v) is 7.37. The van der Waals surface area contributed by atoms with E-state index in [-0.39, 0.29) is 16.2 Å². The van der Waals surface area contributed by atoms with Gasteiger partial charge in [0.1, 0.15) is 11.3 Å². The molecule has 0 radical (unpaired) electrons. The molecule has 27 heavy (non-hydrogen) atoms. The lowest BCUT2D eigenvalue weighted by molar-refractivity contribution is -0.123. The fourth-order valence-corrected chi connectivity index (χ4v) is 2.72. The van der Waals surface area contributed by atoms with Gasteiger partial charge in [0, 0.05) is 5.69 Å². The Morgan fingerprint density at radius 2 is 1.74 bits per heavy atom. The summed E-state index contributed by atoms with van der Waals surface area (Å²) in [5, 5.41) is 7.71. The molecule has 1 amide bonds. The SMILES string of the molecule is COc1ccc(S(N)(=O)=O)cc1C(=O)O[C@@H](C)C(=O)Nc1ccc(C)cc1. The third-order valence-electron chi connectivity index (χ3n) is 3.69. The fraction of sp³-hybridized carbons (Fsp3) is 0.222. The number of carbonyl (C=O) groups excluding carboxylic acids is 2. The predicted molar refractivity (Wildman–Crippen MR) is 99.1 cm³/mol. The van der Waals surface area contributed by atoms with Crippen LogP contribution in [0.2, 0.25) is 0 Å². The first kappa shape index (κ1) is 20.4. The maximum absolute atomic E-state index is 12.4. The van der Waals surface area contributed by atoms with E-state index in [4.69, 9.17) is 14.6 Å². The van der Waals surface area contributed by atoms with Gasteiger partial charge >= 0.3 is 5.97 Å². The summed E-state index contributed by atoms with van der Waals surface area (Å²) in [6.45, 7) is 3.32. The van der Waals surface area contributed by atoms with E-state index >= 15 is 0 Å². The van der Waals surface area contributed by atoms with Crippen molar-refractivity contribution >= 4 is 27.6 Å². The van der Waals surface area contributed by atoms with E-state index in [0.717, 1.165) is 11.6 Å². The van der Waals surface area contributed by atoms with Crippen molar-refractivity contribution < 1.29 is 27.5 Å². The minimum Gasteiger partial charge on any atom is -0.496 e. The van der Waals surface area contributed by atoms with E-state index in [0.29, 0.717) is 5.69 Å². The molecule has 0 saturated heterocycles. The number of methoxy groups -OCH3 is 1. The number of rotatable bonds is 6. The Bertz CT molecular complexity index is 954. The van der Waals surface area contributed by atoms with Gasteiger partial charge < -0.3 is 14.8 Å². The third kappa shape index (κ3) is 5.28. The molecule has 2 aromatic carbocycles. The van der Waals surface area contributed by atoms with Crippen LogP contribution >= 0.6 is 0 Å². The average molecular weight is 392 g/mol. The highest BCUT2D eigenvalue weighted by atomic mass is 32.2. The van der Waals surface area contributed by atoms with Crippen LogP contribution in [-0.2, 0) is 19.6 Å². The highest BCUT2D eigenvalue weighted by molar-refractivity contribution is 7.89. The molecule has 0 unspecified atom stereocenters. The Hall–Kier alpha value is -2.91. The maximum atomic E-state index is 12.4. The number of aryl methyl sites for hydroxylation is 1. The Morgan fingerprint density at radius 1 is 1.11 bits per heavy atom. The number of primary sulfonamides is 1. The van der Waals surface area contributed by atoms with Crippen LogP contribution < -0.4 is 15.2 Å². The number of nitrogens with one attached hydrogen (secondary N) is 1. The van der Waals surface area contributed by atoms with Gasteiger partial charge in [0.2, 0.25) is 10.0 Å². The van der Waals surface area contributed by atoms with E-state index in [1.807, 2.05) is 19.1 Å². The number of esters is 1. The zero-order valence-corrected chi connectivity index (χ0v) is 15.9. The number of hydrogen-bond donors (Lipinski definition) is 2. The first-order valence-corrected chi connectivity index (χ1v) is 9.46. The molecular formula is C18H20N2O6S. The quantitative estimate of drug-likeness (QED) is 0.723. The molecule has 0 bridgehead atoms. The number of sulfonamides is 1. The first-order chi connectivity index (χ1) is 12.6. The third-order valence-corrected chi connectivity index (χ3v) is 4.60. The number of carbonyl (C=O) groups is 2. The van der Waals surface area contributed by atoms with E-state index in [2.05, 4.69) is 5.32 Å². The molecule has 2 rings (SSSR count). The molecule has 0 aromatic heterocycles. The molecule has 8 nitrogen and oxygen atoms in total. The highest BCUT2D eigenvalue weighted by Gasteiger charge is 2.23. The van der Waals surface area contributed by atoms with Gasteiger partial charge in [0.25, 0.3) is 5.91 Å². The number of ether oxygens (including phenoxy) is 2. The van der Waals surface area contributed by atoms with Crippen molar-refractivity contribution in [2.24, 2.45) is 5.14 Å². The second-order valence-electron chi connectivity index (χ2n) is 5.81. The van der Waals surface area contributed by atoms with Gasteiger partial charge in [-0.3, -0.25) is 4.79 Å². The Labute approximate surface area is 157 Å². The summed E-state index contributed by atoms with van der Waals surface area (Å²) in [4.78, 5) is 24.3. The van der Waals surface area contributed by atoms with Crippen molar-refractivity contribution in [1.82, 2.24) is 0 Å². The molecular weight excluding hydrogens is 372 g/mol. The summed E-state index contributed by atoms with van der Waals surface area (Å²) in [5.41, 5.74) is 1.44. The molecule has 0 saturated carbocycles. The zero-order valence-electron chi connectivity index (χ0n) is 15.1. The van der Waals surface area contributed by atoms with Crippen LogP contribution in [0.3, 0.4) is 0 Å². The normalized spacial score (nSPS) is 12.1. The van der Waals surface area contributed by atoms with E-state index in [1.165, 1.54) is 26.2 Å². The second kappa shape index (κ2) is 8.19. The highest BCUT2D eigenvalue weighted by Crippen LogP contribution is 2.23. The summed E-state index contributed by atoms with van der Waals surface area (Å²) in [7, 11) is -2.70. The Balaban J connectivity index is 2.15. The average Bonchev–Trinajstić information content (AvgIpc) is 2.62. The van der Waals surface area contributed by atoms with E-state index in [9.17, 15) is 18.0 Å². The summed E-state index contributed by atoms with van der Waals surface area (Å²) in [6, 6.07) is 10.6. The minimum absolute atomic E-state index is 0.0959. The van der Waals surface area contributed by atoms with Crippen LogP contribution in [0, 0.1) is 6.92 Å². The van der Waals surface area contributed by atoms with Gasteiger partial charge in [0.05, 0.1) is 12.0 Å². The summed E-state index contributed by atoms with van der Waals surface area (Å²) >= 11 is 0. The largest absolute Gasteiger partial charge is 0.496 e. The van der Waals surface area contributed by atoms with Crippen molar-refractivity contribution in [3.05, 3.63) is 53.6 Å². The topological polar surface area (TPSA) is 125 Å². The summed E-state index contributed by atoms with van der Waals surface area (Å²) in [6.07, 6.45) is -1.12. The molecule has 0 spiro atoms. The summed E-state index contributed by atoms with van der Waals surface area (Å²) < 4.78 is 33.2. The van der Waals surface area contributed by atoms with Crippen molar-refractivity contribution in [1.29, 1.82) is 0 Å². The molecule has 0 aliphatic carbocycles. The predicted octanol–water partition coefficient (Wildman–Crippen LogP) is 1.84. The van der Waals surface area contributed by atoms with Gasteiger partial charge in [-0.1, -0.05) is 17.7 Å². The molecule has 2 aromatic rings. The van der Waals surface area contributed by atoms with Gasteiger partial charge in [-0.15, -0.1) is 0 Å². The van der Waals surface area contributed by atoms with Crippen molar-refractivity contribution in [3.8, 4) is 5.75 Å². The lowest BCUT2D eigenvalue weighted by atomic mass is 10.2. The van der Waals surface area contributed by atoms with Crippen molar-refractivity contribution in [2.45, 2.75) is 24.8 Å². The van der Waals surface area contributed by atoms with Crippen LogP contribution in [0.25, 0.3) is 0 Å². The standard InChI is InChI=1S/C18H20N2O6S/c1-11-4-6-13(7-5-11)20-17(21)12(2)26-18(22)15-10-14(27(19,23)24)8-9-16(15)25-3/h4-10,12H,1-3H3,(H,20,21)(H2,19,23,24)/t12-/m0/s1. The smallest absolute Gasteiger partial charge is 0.342 e. The summed E-state index contributed by atoms with van der Waals surface area (Å²) in [5.74, 6) is -1.35. The first-order valence-electron chi connectivity index (χ1n) is 7.91. The monoisotopic (exact) mass is 392 g/mol. The lowest BCUT2D eigenvalue weighted by Crippen LogP contribution is -2.30. The fourth-order valence-electron chi connectivity index (χ4n) is 2.18. The number of benzene rings is 2. The molecule has 1 atom stereocenters. The molecule has 3 N–H and O–H groups in total. The van der Waals surface area contributed by atoms with Crippen molar-refractivity contribution in [3.63, 3.8) is 0 Å². The van der Waals surface area contributed by atoms with Gasteiger partial charge in [-0.05, 0) is 44.2 Å². The Kier molecular flexibility index (Phi) is 6.19. The number of amides is 1. The van der Waals surface area contributed by atoms with Gasteiger partial charge in [-0.2, -0.15) is 0 Å². The van der Waals surface area contributed by atoms with E-state index in [1.54, 1.807) is 12.1 Å². The maximum Gasteiger partial charge on any atom is 0.342 e. The molecule has 0 aliphatic rings. The van der Waals surface area contributed by atoms with Crippen molar-refractivity contribution in [2.75, 3.05) is 12.4 Å². The molecule has 9 heteroatoms.